The first-order valence-electron chi connectivity index (χ1n) is 4.13. The van der Waals surface area contributed by atoms with Crippen molar-refractivity contribution in [3.63, 3.8) is 0 Å². The van der Waals surface area contributed by atoms with Crippen LogP contribution < -0.4 is 10.5 Å². The van der Waals surface area contributed by atoms with E-state index in [2.05, 4.69) is 36.6 Å². The molecule has 2 rings (SSSR count). The predicted octanol–water partition coefficient (Wildman–Crippen LogP) is 1.65. The normalized spacial score (nSPS) is 25.5. The standard InChI is InChI=1S/C7H8Br2N2O2S2/c8-6-2-5(7(9)14-6)15(12,13)11-4-1-3(4)10/h2-4,11H,1,10H2. The molecule has 84 valence electrons. The topological polar surface area (TPSA) is 72.2 Å². The van der Waals surface area contributed by atoms with Crippen LogP contribution in [0.2, 0.25) is 0 Å². The number of sulfonamides is 1. The highest BCUT2D eigenvalue weighted by atomic mass is 79.9. The van der Waals surface area contributed by atoms with Crippen LogP contribution in [-0.2, 0) is 10.0 Å². The number of rotatable bonds is 3. The first kappa shape index (κ1) is 12.0. The van der Waals surface area contributed by atoms with E-state index in [4.69, 9.17) is 5.73 Å². The monoisotopic (exact) mass is 374 g/mol. The summed E-state index contributed by atoms with van der Waals surface area (Å²) in [6.07, 6.45) is 0.710. The van der Waals surface area contributed by atoms with Gasteiger partial charge in [0.25, 0.3) is 0 Å². The van der Waals surface area contributed by atoms with Crippen molar-refractivity contribution in [1.29, 1.82) is 0 Å². The second-order valence-electron chi connectivity index (χ2n) is 3.32. The van der Waals surface area contributed by atoms with Crippen LogP contribution >= 0.6 is 43.2 Å². The van der Waals surface area contributed by atoms with Crippen molar-refractivity contribution in [2.75, 3.05) is 0 Å². The molecule has 0 radical (unpaired) electrons. The van der Waals surface area contributed by atoms with E-state index in [-0.39, 0.29) is 17.0 Å². The second kappa shape index (κ2) is 4.08. The van der Waals surface area contributed by atoms with Crippen LogP contribution in [0.4, 0.5) is 0 Å². The molecule has 2 unspecified atom stereocenters. The van der Waals surface area contributed by atoms with Gasteiger partial charge in [-0.25, -0.2) is 13.1 Å². The zero-order chi connectivity index (χ0) is 11.2. The largest absolute Gasteiger partial charge is 0.326 e. The van der Waals surface area contributed by atoms with Gasteiger partial charge in [-0.3, -0.25) is 0 Å². The van der Waals surface area contributed by atoms with E-state index in [0.29, 0.717) is 10.2 Å². The average molecular weight is 376 g/mol. The van der Waals surface area contributed by atoms with E-state index < -0.39 is 10.0 Å². The third kappa shape index (κ3) is 2.62. The summed E-state index contributed by atoms with van der Waals surface area (Å²) in [5, 5.41) is 0. The fraction of sp³-hybridized carbons (Fsp3) is 0.429. The van der Waals surface area contributed by atoms with Crippen molar-refractivity contribution in [3.05, 3.63) is 13.6 Å². The lowest BCUT2D eigenvalue weighted by Crippen LogP contribution is -2.29. The highest BCUT2D eigenvalue weighted by Crippen LogP contribution is 2.35. The summed E-state index contributed by atoms with van der Waals surface area (Å²) in [5.74, 6) is 0. The Kier molecular flexibility index (Phi) is 3.26. The first-order chi connectivity index (χ1) is 6.90. The third-order valence-corrected chi connectivity index (χ3v) is 6.31. The quantitative estimate of drug-likeness (QED) is 0.843. The molecule has 0 aliphatic heterocycles. The molecule has 15 heavy (non-hydrogen) atoms. The number of nitrogens with two attached hydrogens (primary N) is 1. The van der Waals surface area contributed by atoms with E-state index in [1.807, 2.05) is 0 Å². The number of hydrogen-bond donors (Lipinski definition) is 2. The summed E-state index contributed by atoms with van der Waals surface area (Å²) in [6, 6.07) is 1.42. The fourth-order valence-electron chi connectivity index (χ4n) is 1.12. The van der Waals surface area contributed by atoms with Gasteiger partial charge in [0.15, 0.2) is 0 Å². The lowest BCUT2D eigenvalue weighted by atomic mass is 10.7. The number of nitrogens with one attached hydrogen (secondary N) is 1. The van der Waals surface area contributed by atoms with E-state index in [1.54, 1.807) is 6.07 Å². The van der Waals surface area contributed by atoms with Crippen molar-refractivity contribution in [3.8, 4) is 0 Å². The van der Waals surface area contributed by atoms with Gasteiger partial charge in [-0.2, -0.15) is 0 Å². The summed E-state index contributed by atoms with van der Waals surface area (Å²) < 4.78 is 27.6. The molecular formula is C7H8Br2N2O2S2. The molecule has 0 spiro atoms. The lowest BCUT2D eigenvalue weighted by Gasteiger charge is -2.03. The minimum absolute atomic E-state index is 0.0411. The minimum Gasteiger partial charge on any atom is -0.326 e. The van der Waals surface area contributed by atoms with Crippen LogP contribution in [0.25, 0.3) is 0 Å². The van der Waals surface area contributed by atoms with Crippen molar-refractivity contribution in [2.24, 2.45) is 5.73 Å². The Morgan fingerprint density at radius 1 is 1.53 bits per heavy atom. The Morgan fingerprint density at radius 3 is 2.53 bits per heavy atom. The Hall–Kier alpha value is 0.530. The maximum absolute atomic E-state index is 11.9. The highest BCUT2D eigenvalue weighted by Gasteiger charge is 2.38. The molecular weight excluding hydrogens is 368 g/mol. The molecule has 1 aliphatic rings. The van der Waals surface area contributed by atoms with Crippen LogP contribution in [0.3, 0.4) is 0 Å². The van der Waals surface area contributed by atoms with Gasteiger partial charge in [0.2, 0.25) is 10.0 Å². The Morgan fingerprint density at radius 2 is 2.13 bits per heavy atom. The van der Waals surface area contributed by atoms with Gasteiger partial charge in [0.05, 0.1) is 7.57 Å². The molecule has 1 aromatic rings. The van der Waals surface area contributed by atoms with E-state index in [9.17, 15) is 8.42 Å². The van der Waals surface area contributed by atoms with Crippen LogP contribution in [0.15, 0.2) is 18.5 Å². The van der Waals surface area contributed by atoms with E-state index in [1.165, 1.54) is 11.3 Å². The number of hydrogen-bond acceptors (Lipinski definition) is 4. The smallest absolute Gasteiger partial charge is 0.242 e. The number of thiophene rings is 1. The van der Waals surface area contributed by atoms with Crippen LogP contribution in [-0.4, -0.2) is 20.5 Å². The molecule has 2 atom stereocenters. The molecule has 1 aromatic heterocycles. The summed E-state index contributed by atoms with van der Waals surface area (Å²) in [6.45, 7) is 0. The Balaban J connectivity index is 2.25. The summed E-state index contributed by atoms with van der Waals surface area (Å²) in [7, 11) is -3.44. The van der Waals surface area contributed by atoms with Crippen molar-refractivity contribution < 1.29 is 8.42 Å². The van der Waals surface area contributed by atoms with Crippen molar-refractivity contribution >= 4 is 53.2 Å². The van der Waals surface area contributed by atoms with Crippen LogP contribution in [0, 0.1) is 0 Å². The molecule has 0 saturated heterocycles. The Bertz CT molecular complexity index is 485. The summed E-state index contributed by atoms with van der Waals surface area (Å²) in [5.41, 5.74) is 5.55. The minimum atomic E-state index is -3.44. The predicted molar refractivity (Wildman–Crippen MR) is 66.4 cm³/mol. The maximum Gasteiger partial charge on any atom is 0.242 e. The summed E-state index contributed by atoms with van der Waals surface area (Å²) in [4.78, 5) is 0.262. The second-order valence-corrected chi connectivity index (χ2v) is 8.75. The number of halogens is 2. The van der Waals surface area contributed by atoms with Gasteiger partial charge in [-0.1, -0.05) is 0 Å². The third-order valence-electron chi connectivity index (χ3n) is 2.06. The van der Waals surface area contributed by atoms with Gasteiger partial charge in [0.1, 0.15) is 4.90 Å². The fourth-order valence-corrected chi connectivity index (χ4v) is 6.23. The van der Waals surface area contributed by atoms with Gasteiger partial charge in [-0.15, -0.1) is 11.3 Å². The molecule has 1 saturated carbocycles. The molecule has 0 bridgehead atoms. The van der Waals surface area contributed by atoms with Crippen LogP contribution in [0.1, 0.15) is 6.42 Å². The van der Waals surface area contributed by atoms with Crippen molar-refractivity contribution in [1.82, 2.24) is 4.72 Å². The molecule has 8 heteroatoms. The zero-order valence-corrected chi connectivity index (χ0v) is 12.2. The van der Waals surface area contributed by atoms with Gasteiger partial charge in [-0.05, 0) is 44.3 Å². The Labute approximate surface area is 109 Å². The molecule has 4 nitrogen and oxygen atoms in total. The molecule has 1 fully saturated rings. The molecule has 0 aromatic carbocycles. The lowest BCUT2D eigenvalue weighted by molar-refractivity contribution is 0.580. The van der Waals surface area contributed by atoms with Gasteiger partial charge >= 0.3 is 0 Å². The van der Waals surface area contributed by atoms with E-state index in [0.717, 1.165) is 3.79 Å². The molecule has 3 N–H and O–H groups in total. The SMILES string of the molecule is NC1CC1NS(=O)(=O)c1cc(Br)sc1Br. The first-order valence-corrected chi connectivity index (χ1v) is 8.01. The average Bonchev–Trinajstić information content (AvgIpc) is 2.62. The summed E-state index contributed by atoms with van der Waals surface area (Å²) >= 11 is 7.78. The van der Waals surface area contributed by atoms with Crippen LogP contribution in [0.5, 0.6) is 0 Å². The molecule has 0 amide bonds. The highest BCUT2D eigenvalue weighted by molar-refractivity contribution is 9.12. The maximum atomic E-state index is 11.9. The van der Waals surface area contributed by atoms with Gasteiger partial charge < -0.3 is 5.73 Å². The van der Waals surface area contributed by atoms with Gasteiger partial charge in [0, 0.05) is 12.1 Å². The zero-order valence-electron chi connectivity index (χ0n) is 7.41. The van der Waals surface area contributed by atoms with Crippen molar-refractivity contribution in [2.45, 2.75) is 23.4 Å². The molecule has 1 aliphatic carbocycles. The van der Waals surface area contributed by atoms with E-state index >= 15 is 0 Å². The molecule has 1 heterocycles.